The number of phenolic OH excluding ortho intramolecular Hbond substituents is 3. The van der Waals surface area contributed by atoms with Gasteiger partial charge in [0.2, 0.25) is 0 Å². The van der Waals surface area contributed by atoms with Crippen LogP contribution in [0.3, 0.4) is 0 Å². The van der Waals surface area contributed by atoms with Crippen LogP contribution in [0.5, 0.6) is 17.2 Å². The summed E-state index contributed by atoms with van der Waals surface area (Å²) < 4.78 is 0. The van der Waals surface area contributed by atoms with E-state index in [2.05, 4.69) is 0 Å². The van der Waals surface area contributed by atoms with Gasteiger partial charge in [0, 0.05) is 16.7 Å². The minimum absolute atomic E-state index is 0. The molecule has 31 heavy (non-hydrogen) atoms. The molecule has 3 N–H and O–H groups in total. The minimum Gasteiger partial charge on any atom is -0.545 e. The van der Waals surface area contributed by atoms with Crippen LogP contribution in [-0.4, -0.2) is 59.4 Å². The molecule has 0 fully saturated rings. The zero-order valence-corrected chi connectivity index (χ0v) is 19.1. The molecule has 0 amide bonds. The zero-order chi connectivity index (χ0) is 22.7. The average Bonchev–Trinajstić information content (AvgIpc) is 2.69. The van der Waals surface area contributed by atoms with Crippen molar-refractivity contribution in [2.45, 2.75) is 0 Å². The summed E-state index contributed by atoms with van der Waals surface area (Å²) >= 11 is 0. The maximum Gasteiger partial charge on any atom is 3.00 e. The predicted molar refractivity (Wildman–Crippen MR) is 103 cm³/mol. The normalized spacial score (nSPS) is 8.90. The van der Waals surface area contributed by atoms with Crippen LogP contribution in [0.25, 0.3) is 0 Å². The van der Waals surface area contributed by atoms with E-state index in [1.165, 1.54) is 54.6 Å². The first-order chi connectivity index (χ1) is 14.1. The van der Waals surface area contributed by atoms with Gasteiger partial charge in [0.1, 0.15) is 17.2 Å². The summed E-state index contributed by atoms with van der Waals surface area (Å²) in [6.07, 6.45) is 0. The number of rotatable bonds is 3. The van der Waals surface area contributed by atoms with Crippen LogP contribution in [0.2, 0.25) is 0 Å². The number of hydrogen-bond donors (Lipinski definition) is 3. The smallest absolute Gasteiger partial charge is 0.545 e. The van der Waals surface area contributed by atoms with Crippen molar-refractivity contribution >= 4 is 44.1 Å². The molecule has 3 aromatic carbocycles. The van der Waals surface area contributed by atoms with E-state index in [0.29, 0.717) is 0 Å². The molecule has 0 unspecified atom stereocenters. The fourth-order valence-electron chi connectivity index (χ4n) is 1.90. The number of carbonyl (C=O) groups excluding carboxylic acids is 3. The Bertz CT molecular complexity index is 903. The third-order valence-corrected chi connectivity index (χ3v) is 3.25. The van der Waals surface area contributed by atoms with Crippen molar-refractivity contribution in [2.24, 2.45) is 0 Å². The summed E-state index contributed by atoms with van der Waals surface area (Å²) in [6, 6.07) is 16.0. The molecule has 0 aliphatic heterocycles. The maximum absolute atomic E-state index is 10.1. The zero-order valence-electron chi connectivity index (χ0n) is 15.7. The monoisotopic (exact) mass is 620 g/mol. The summed E-state index contributed by atoms with van der Waals surface area (Å²) in [5, 5.41) is 56.7. The van der Waals surface area contributed by atoms with Gasteiger partial charge in [0.15, 0.2) is 0 Å². The minimum atomic E-state index is -1.28. The predicted octanol–water partition coefficient (Wildman–Crippen LogP) is -1.11. The quantitative estimate of drug-likeness (QED) is 0.306. The molecule has 0 aliphatic carbocycles. The molecule has 0 saturated heterocycles. The van der Waals surface area contributed by atoms with Crippen LogP contribution in [0.4, 0.5) is 0 Å². The summed E-state index contributed by atoms with van der Waals surface area (Å²) in [7, 11) is 0. The van der Waals surface area contributed by atoms with Crippen molar-refractivity contribution in [1.82, 2.24) is 0 Å². The van der Waals surface area contributed by atoms with Gasteiger partial charge >= 0.3 is 26.2 Å². The first kappa shape index (κ1) is 27.4. The van der Waals surface area contributed by atoms with Gasteiger partial charge in [-0.3, -0.25) is 0 Å². The second-order valence-electron chi connectivity index (χ2n) is 5.51. The fourth-order valence-corrected chi connectivity index (χ4v) is 1.90. The Morgan fingerprint density at radius 3 is 0.871 bits per heavy atom. The summed E-state index contributed by atoms with van der Waals surface area (Å²) in [5.74, 6) is -4.05. The van der Waals surface area contributed by atoms with E-state index in [-0.39, 0.29) is 60.1 Å². The van der Waals surface area contributed by atoms with Crippen molar-refractivity contribution in [1.29, 1.82) is 0 Å². The van der Waals surface area contributed by atoms with Gasteiger partial charge in [-0.05, 0) is 36.4 Å². The van der Waals surface area contributed by atoms with Gasteiger partial charge in [-0.15, -0.1) is 0 Å². The molecule has 0 spiro atoms. The fraction of sp³-hybridized carbons (Fsp3) is 0. The Morgan fingerprint density at radius 1 is 0.516 bits per heavy atom. The molecule has 0 saturated carbocycles. The van der Waals surface area contributed by atoms with Crippen LogP contribution in [0.15, 0.2) is 72.8 Å². The Labute approximate surface area is 195 Å². The standard InChI is InChI=1S/3C7H6O3.Bi/c3*8-6-3-1-2-5(4-6)7(9)10;/h3*1-4,8H,(H,9,10);/q;;;+3/p-3. The molecule has 3 aromatic rings. The number of carbonyl (C=O) groups is 3. The first-order valence-corrected chi connectivity index (χ1v) is 8.11. The summed E-state index contributed by atoms with van der Waals surface area (Å²) in [5.41, 5.74) is -0.0417. The van der Waals surface area contributed by atoms with E-state index < -0.39 is 17.9 Å². The van der Waals surface area contributed by atoms with Gasteiger partial charge in [-0.1, -0.05) is 36.4 Å². The second kappa shape index (κ2) is 13.6. The third-order valence-electron chi connectivity index (χ3n) is 3.25. The molecule has 0 bridgehead atoms. The van der Waals surface area contributed by atoms with Gasteiger partial charge in [-0.25, -0.2) is 0 Å². The van der Waals surface area contributed by atoms with Crippen molar-refractivity contribution in [3.05, 3.63) is 89.5 Å². The number of carboxylic acid groups (broad SMARTS) is 3. The molecule has 0 aromatic heterocycles. The number of benzene rings is 3. The number of aromatic hydroxyl groups is 3. The van der Waals surface area contributed by atoms with Crippen LogP contribution < -0.4 is 15.3 Å². The number of hydrogen-bond acceptors (Lipinski definition) is 9. The molecular weight excluding hydrogens is 605 g/mol. The first-order valence-electron chi connectivity index (χ1n) is 8.11. The van der Waals surface area contributed by atoms with E-state index in [9.17, 15) is 29.7 Å². The maximum atomic E-state index is 10.1. The van der Waals surface area contributed by atoms with Crippen LogP contribution in [0, 0.1) is 0 Å². The van der Waals surface area contributed by atoms with Crippen molar-refractivity contribution < 1.29 is 45.0 Å². The molecule has 9 nitrogen and oxygen atoms in total. The van der Waals surface area contributed by atoms with Gasteiger partial charge < -0.3 is 45.0 Å². The summed E-state index contributed by atoms with van der Waals surface area (Å²) in [4.78, 5) is 30.4. The van der Waals surface area contributed by atoms with E-state index in [1.807, 2.05) is 0 Å². The Morgan fingerprint density at radius 2 is 0.742 bits per heavy atom. The number of phenols is 3. The molecule has 0 aliphatic rings. The second-order valence-corrected chi connectivity index (χ2v) is 5.51. The van der Waals surface area contributed by atoms with Crippen LogP contribution >= 0.6 is 0 Å². The van der Waals surface area contributed by atoms with Crippen molar-refractivity contribution in [2.75, 3.05) is 0 Å². The molecule has 0 heterocycles. The van der Waals surface area contributed by atoms with E-state index in [0.717, 1.165) is 18.2 Å². The van der Waals surface area contributed by atoms with E-state index in [4.69, 9.17) is 15.3 Å². The van der Waals surface area contributed by atoms with Crippen LogP contribution in [0.1, 0.15) is 31.1 Å². The molecule has 2 radical (unpaired) electrons. The molecule has 0 atom stereocenters. The number of carboxylic acids is 3. The van der Waals surface area contributed by atoms with Crippen molar-refractivity contribution in [3.8, 4) is 17.2 Å². The molecule has 3 rings (SSSR count). The molecular formula is C21H15BiO9. The van der Waals surface area contributed by atoms with E-state index in [1.54, 1.807) is 0 Å². The topological polar surface area (TPSA) is 181 Å². The Hall–Kier alpha value is -3.65. The third kappa shape index (κ3) is 10.6. The van der Waals surface area contributed by atoms with Gasteiger partial charge in [0.25, 0.3) is 0 Å². The molecule has 10 heteroatoms. The van der Waals surface area contributed by atoms with Gasteiger partial charge in [0.05, 0.1) is 17.9 Å². The Kier molecular flexibility index (Phi) is 12.0. The average molecular weight is 620 g/mol. The SMILES string of the molecule is O=C([O-])c1cccc(O)c1.O=C([O-])c1cccc(O)c1.O=C([O-])c1cccc(O)c1.[Bi+3]. The number of aromatic carboxylic acids is 3. The van der Waals surface area contributed by atoms with E-state index >= 15 is 0 Å². The van der Waals surface area contributed by atoms with Crippen molar-refractivity contribution in [3.63, 3.8) is 0 Å². The van der Waals surface area contributed by atoms with Crippen LogP contribution in [-0.2, 0) is 0 Å². The Balaban J connectivity index is 0.000000429. The summed E-state index contributed by atoms with van der Waals surface area (Å²) in [6.45, 7) is 0. The molecule has 158 valence electrons. The largest absolute Gasteiger partial charge is 3.00 e. The van der Waals surface area contributed by atoms with Gasteiger partial charge in [-0.2, -0.15) is 0 Å².